The Bertz CT molecular complexity index is 1420. The van der Waals surface area contributed by atoms with E-state index in [4.69, 9.17) is 16.6 Å². The number of aliphatic imine (C=N–C) groups is 2. The normalized spacial score (nSPS) is 18.6. The van der Waals surface area contributed by atoms with Crippen molar-refractivity contribution in [2.75, 3.05) is 5.01 Å². The smallest absolute Gasteiger partial charge is 0.304 e. The standard InChI is InChI=1S/C22H14ClFN6O3S/c23-15-4-2-6-17(10-15)29-20-13(12-26-29)11-25-22(27-20,14-3-1-5-16(24)9-14)28-21(31)18-7-8-19(34-18)30(32)33/h1-12,26H,(H,28,31). The maximum Gasteiger partial charge on any atom is 0.324 e. The van der Waals surface area contributed by atoms with Gasteiger partial charge in [0.25, 0.3) is 11.7 Å². The van der Waals surface area contributed by atoms with Gasteiger partial charge in [0.1, 0.15) is 5.82 Å². The molecular weight excluding hydrogens is 483 g/mol. The second kappa shape index (κ2) is 8.36. The van der Waals surface area contributed by atoms with E-state index in [0.717, 1.165) is 11.3 Å². The Labute approximate surface area is 201 Å². The molecule has 1 atom stereocenters. The van der Waals surface area contributed by atoms with Crippen molar-refractivity contribution in [3.05, 3.63) is 104 Å². The molecule has 3 aromatic rings. The number of nitrogens with zero attached hydrogens (tertiary/aromatic N) is 4. The van der Waals surface area contributed by atoms with Gasteiger partial charge in [0.2, 0.25) is 0 Å². The van der Waals surface area contributed by atoms with Crippen molar-refractivity contribution in [2.45, 2.75) is 5.79 Å². The molecule has 5 rings (SSSR count). The van der Waals surface area contributed by atoms with E-state index >= 15 is 0 Å². The molecule has 2 aromatic carbocycles. The highest BCUT2D eigenvalue weighted by atomic mass is 35.5. The first-order valence-corrected chi connectivity index (χ1v) is 11.0. The summed E-state index contributed by atoms with van der Waals surface area (Å²) in [6, 6.07) is 15.2. The molecule has 2 aliphatic rings. The molecule has 3 heterocycles. The summed E-state index contributed by atoms with van der Waals surface area (Å²) in [5.41, 5.74) is 4.66. The van der Waals surface area contributed by atoms with Crippen molar-refractivity contribution in [3.63, 3.8) is 0 Å². The van der Waals surface area contributed by atoms with Crippen LogP contribution in [0, 0.1) is 15.9 Å². The number of nitro groups is 1. The Balaban J connectivity index is 1.58. The predicted octanol–water partition coefficient (Wildman–Crippen LogP) is 4.38. The van der Waals surface area contributed by atoms with E-state index < -0.39 is 22.4 Å². The average molecular weight is 497 g/mol. The fraction of sp³-hybridized carbons (Fsp3) is 0.0455. The fourth-order valence-electron chi connectivity index (χ4n) is 3.50. The Hall–Kier alpha value is -4.09. The van der Waals surface area contributed by atoms with Crippen LogP contribution in [0.5, 0.6) is 0 Å². The van der Waals surface area contributed by atoms with E-state index in [-0.39, 0.29) is 15.4 Å². The van der Waals surface area contributed by atoms with Crippen LogP contribution in [0.25, 0.3) is 0 Å². The highest BCUT2D eigenvalue weighted by Gasteiger charge is 2.40. The van der Waals surface area contributed by atoms with Gasteiger partial charge in [-0.25, -0.2) is 19.4 Å². The second-order valence-corrected chi connectivity index (χ2v) is 8.77. The maximum absolute atomic E-state index is 14.2. The van der Waals surface area contributed by atoms with E-state index in [1.165, 1.54) is 36.5 Å². The van der Waals surface area contributed by atoms with Crippen molar-refractivity contribution in [1.29, 1.82) is 0 Å². The van der Waals surface area contributed by atoms with Gasteiger partial charge in [-0.3, -0.25) is 20.3 Å². The molecule has 0 fully saturated rings. The van der Waals surface area contributed by atoms with Gasteiger partial charge >= 0.3 is 5.00 Å². The molecule has 34 heavy (non-hydrogen) atoms. The first-order chi connectivity index (χ1) is 16.3. The topological polar surface area (TPSA) is 112 Å². The van der Waals surface area contributed by atoms with Gasteiger partial charge in [-0.15, -0.1) is 0 Å². The number of nitrogens with one attached hydrogen (secondary N) is 2. The molecule has 2 N–H and O–H groups in total. The summed E-state index contributed by atoms with van der Waals surface area (Å²) >= 11 is 6.86. The zero-order chi connectivity index (χ0) is 23.9. The summed E-state index contributed by atoms with van der Waals surface area (Å²) in [6.45, 7) is 0. The van der Waals surface area contributed by atoms with Crippen molar-refractivity contribution >= 4 is 51.6 Å². The van der Waals surface area contributed by atoms with E-state index in [2.05, 4.69) is 15.7 Å². The summed E-state index contributed by atoms with van der Waals surface area (Å²) in [5.74, 6) is -2.48. The third kappa shape index (κ3) is 3.91. The van der Waals surface area contributed by atoms with Crippen LogP contribution >= 0.6 is 22.9 Å². The fourth-order valence-corrected chi connectivity index (χ4v) is 4.40. The highest BCUT2D eigenvalue weighted by Crippen LogP contribution is 2.34. The number of benzene rings is 2. The number of hydrogen-bond donors (Lipinski definition) is 2. The van der Waals surface area contributed by atoms with Crippen molar-refractivity contribution in [2.24, 2.45) is 9.98 Å². The summed E-state index contributed by atoms with van der Waals surface area (Å²) in [4.78, 5) is 32.8. The van der Waals surface area contributed by atoms with Crippen LogP contribution in [0.4, 0.5) is 15.1 Å². The quantitative estimate of drug-likeness (QED) is 0.402. The second-order valence-electron chi connectivity index (χ2n) is 7.27. The lowest BCUT2D eigenvalue weighted by molar-refractivity contribution is -0.380. The minimum absolute atomic E-state index is 0.0930. The minimum Gasteiger partial charge on any atom is -0.304 e. The number of carbonyl (C=O) groups excluding carboxylic acids is 1. The summed E-state index contributed by atoms with van der Waals surface area (Å²) in [7, 11) is 0. The van der Waals surface area contributed by atoms with Crippen molar-refractivity contribution in [3.8, 4) is 0 Å². The molecule has 9 nitrogen and oxygen atoms in total. The van der Waals surface area contributed by atoms with Crippen LogP contribution in [-0.4, -0.2) is 22.9 Å². The van der Waals surface area contributed by atoms with E-state index in [0.29, 0.717) is 22.1 Å². The number of amides is 1. The Morgan fingerprint density at radius 1 is 1.21 bits per heavy atom. The number of anilines is 1. The molecule has 12 heteroatoms. The number of fused-ring (bicyclic) bond motifs is 1. The average Bonchev–Trinajstić information content (AvgIpc) is 3.47. The van der Waals surface area contributed by atoms with Gasteiger partial charge < -0.3 is 5.32 Å². The number of amidine groups is 1. The Kier molecular flexibility index (Phi) is 5.34. The van der Waals surface area contributed by atoms with Gasteiger partial charge in [0.05, 0.1) is 21.1 Å². The van der Waals surface area contributed by atoms with Crippen LogP contribution in [0.3, 0.4) is 0 Å². The number of rotatable bonds is 5. The molecule has 0 aliphatic carbocycles. The summed E-state index contributed by atoms with van der Waals surface area (Å²) < 4.78 is 14.2. The number of carbonyl (C=O) groups is 1. The lowest BCUT2D eigenvalue weighted by atomic mass is 10.1. The summed E-state index contributed by atoms with van der Waals surface area (Å²) in [6.07, 6.45) is 3.20. The molecule has 0 bridgehead atoms. The predicted molar refractivity (Wildman–Crippen MR) is 128 cm³/mol. The molecule has 1 unspecified atom stereocenters. The molecule has 0 radical (unpaired) electrons. The monoisotopic (exact) mass is 496 g/mol. The van der Waals surface area contributed by atoms with Crippen LogP contribution in [-0.2, 0) is 5.79 Å². The number of hydrazine groups is 1. The molecule has 0 spiro atoms. The van der Waals surface area contributed by atoms with E-state index in [1.54, 1.807) is 35.5 Å². The lowest BCUT2D eigenvalue weighted by Crippen LogP contribution is -2.47. The van der Waals surface area contributed by atoms with Crippen LogP contribution in [0.1, 0.15) is 15.2 Å². The largest absolute Gasteiger partial charge is 0.324 e. The first-order valence-electron chi connectivity index (χ1n) is 9.85. The van der Waals surface area contributed by atoms with Gasteiger partial charge in [-0.2, -0.15) is 0 Å². The minimum atomic E-state index is -1.71. The van der Waals surface area contributed by atoms with Gasteiger partial charge in [-0.1, -0.05) is 41.1 Å². The molecule has 2 aliphatic heterocycles. The highest BCUT2D eigenvalue weighted by molar-refractivity contribution is 7.17. The molecule has 0 saturated carbocycles. The molecule has 1 amide bonds. The van der Waals surface area contributed by atoms with Crippen LogP contribution in [0.15, 0.2) is 82.4 Å². The number of thiophene rings is 1. The number of halogens is 2. The van der Waals surface area contributed by atoms with E-state index in [9.17, 15) is 19.3 Å². The molecule has 0 saturated heterocycles. The van der Waals surface area contributed by atoms with Crippen molar-refractivity contribution in [1.82, 2.24) is 10.7 Å². The maximum atomic E-state index is 14.2. The van der Waals surface area contributed by atoms with Crippen LogP contribution in [0.2, 0.25) is 5.02 Å². The number of hydrogen-bond acceptors (Lipinski definition) is 8. The van der Waals surface area contributed by atoms with Gasteiger partial charge in [0, 0.05) is 29.1 Å². The van der Waals surface area contributed by atoms with Crippen LogP contribution < -0.4 is 15.8 Å². The SMILES string of the molecule is O=C(NC1(c2cccc(F)c2)N=CC2=CNN(c3cccc(Cl)c3)C2=N1)c1ccc([N+](=O)[O-])s1. The zero-order valence-corrected chi connectivity index (χ0v) is 18.7. The lowest BCUT2D eigenvalue weighted by Gasteiger charge is -2.32. The molecule has 1 aromatic heterocycles. The Morgan fingerprint density at radius 2 is 2.03 bits per heavy atom. The van der Waals surface area contributed by atoms with Gasteiger partial charge in [0.15, 0.2) is 5.84 Å². The third-order valence-electron chi connectivity index (χ3n) is 5.05. The zero-order valence-electron chi connectivity index (χ0n) is 17.1. The van der Waals surface area contributed by atoms with E-state index in [1.807, 2.05) is 6.07 Å². The Morgan fingerprint density at radius 3 is 2.76 bits per heavy atom. The van der Waals surface area contributed by atoms with Gasteiger partial charge in [-0.05, 0) is 36.4 Å². The summed E-state index contributed by atoms with van der Waals surface area (Å²) in [5, 5.41) is 15.8. The van der Waals surface area contributed by atoms with Crippen molar-refractivity contribution < 1.29 is 14.1 Å². The molecule has 170 valence electrons. The third-order valence-corrected chi connectivity index (χ3v) is 6.33. The molecular formula is C22H14ClFN6O3S. The first kappa shape index (κ1) is 21.7.